The number of halogens is 1. The molecule has 0 saturated carbocycles. The number of nitrogens with zero attached hydrogens (tertiary/aromatic N) is 1. The van der Waals surface area contributed by atoms with Crippen LogP contribution in [0.25, 0.3) is 0 Å². The standard InChI is InChI=1S/C20H17BrN2O3S/c21-18-9-6-7-16(13-18)15-26-20-12-5-4-8-17(20)14-22-23-27(24,25)19-10-2-1-3-11-19/h1-14,23H,15H2/b22-14-. The highest BCUT2D eigenvalue weighted by atomic mass is 79.9. The van der Waals surface area contributed by atoms with Gasteiger partial charge in [0.15, 0.2) is 0 Å². The molecule has 0 aromatic heterocycles. The van der Waals surface area contributed by atoms with Crippen molar-refractivity contribution in [2.75, 3.05) is 0 Å². The number of benzene rings is 3. The van der Waals surface area contributed by atoms with E-state index in [0.29, 0.717) is 17.9 Å². The Morgan fingerprint density at radius 3 is 2.48 bits per heavy atom. The largest absolute Gasteiger partial charge is 0.488 e. The fourth-order valence-electron chi connectivity index (χ4n) is 2.32. The van der Waals surface area contributed by atoms with Gasteiger partial charge in [-0.3, -0.25) is 0 Å². The summed E-state index contributed by atoms with van der Waals surface area (Å²) < 4.78 is 31.2. The summed E-state index contributed by atoms with van der Waals surface area (Å²) in [5.41, 5.74) is 1.68. The lowest BCUT2D eigenvalue weighted by Crippen LogP contribution is -2.18. The quantitative estimate of drug-likeness (QED) is 0.435. The summed E-state index contributed by atoms with van der Waals surface area (Å²) in [6.07, 6.45) is 1.43. The van der Waals surface area contributed by atoms with Gasteiger partial charge in [-0.25, -0.2) is 4.83 Å². The molecule has 0 amide bonds. The van der Waals surface area contributed by atoms with Crippen molar-refractivity contribution in [1.82, 2.24) is 4.83 Å². The third kappa shape index (κ3) is 5.42. The van der Waals surface area contributed by atoms with Gasteiger partial charge in [-0.1, -0.05) is 58.4 Å². The number of ether oxygens (including phenoxy) is 1. The number of rotatable bonds is 7. The lowest BCUT2D eigenvalue weighted by atomic mass is 10.2. The maximum Gasteiger partial charge on any atom is 0.276 e. The zero-order valence-corrected chi connectivity index (χ0v) is 16.7. The van der Waals surface area contributed by atoms with Crippen LogP contribution in [0.5, 0.6) is 5.75 Å². The smallest absolute Gasteiger partial charge is 0.276 e. The molecule has 138 valence electrons. The normalized spacial score (nSPS) is 11.4. The van der Waals surface area contributed by atoms with Gasteiger partial charge in [0, 0.05) is 10.0 Å². The van der Waals surface area contributed by atoms with Gasteiger partial charge in [0.05, 0.1) is 11.1 Å². The van der Waals surface area contributed by atoms with Crippen LogP contribution in [0.2, 0.25) is 0 Å². The van der Waals surface area contributed by atoms with Crippen LogP contribution in [0.15, 0.2) is 93.3 Å². The van der Waals surface area contributed by atoms with Crippen molar-refractivity contribution in [2.45, 2.75) is 11.5 Å². The fraction of sp³-hybridized carbons (Fsp3) is 0.0500. The molecule has 0 aliphatic rings. The molecule has 3 aromatic rings. The molecule has 1 N–H and O–H groups in total. The minimum Gasteiger partial charge on any atom is -0.488 e. The maximum absolute atomic E-state index is 12.2. The Morgan fingerprint density at radius 1 is 0.963 bits per heavy atom. The molecule has 5 nitrogen and oxygen atoms in total. The van der Waals surface area contributed by atoms with E-state index in [1.165, 1.54) is 18.3 Å². The first kappa shape index (κ1) is 19.1. The Hall–Kier alpha value is -2.64. The third-order valence-electron chi connectivity index (χ3n) is 3.63. The number of hydrazone groups is 1. The molecule has 3 rings (SSSR count). The summed E-state index contributed by atoms with van der Waals surface area (Å²) in [4.78, 5) is 2.37. The van der Waals surface area contributed by atoms with Gasteiger partial charge in [0.1, 0.15) is 12.4 Å². The van der Waals surface area contributed by atoms with Gasteiger partial charge in [-0.05, 0) is 42.0 Å². The minimum atomic E-state index is -3.70. The fourth-order valence-corrected chi connectivity index (χ4v) is 3.58. The van der Waals surface area contributed by atoms with E-state index in [9.17, 15) is 8.42 Å². The first-order chi connectivity index (χ1) is 13.0. The van der Waals surface area contributed by atoms with Crippen molar-refractivity contribution in [3.63, 3.8) is 0 Å². The molecule has 0 bridgehead atoms. The van der Waals surface area contributed by atoms with Gasteiger partial charge in [0.2, 0.25) is 0 Å². The van der Waals surface area contributed by atoms with E-state index in [-0.39, 0.29) is 4.90 Å². The Morgan fingerprint density at radius 2 is 1.70 bits per heavy atom. The van der Waals surface area contributed by atoms with Crippen LogP contribution in [0.1, 0.15) is 11.1 Å². The molecule has 0 saturated heterocycles. The summed E-state index contributed by atoms with van der Waals surface area (Å²) in [6.45, 7) is 0.389. The third-order valence-corrected chi connectivity index (χ3v) is 5.36. The van der Waals surface area contributed by atoms with Gasteiger partial charge < -0.3 is 4.74 Å². The molecule has 0 aliphatic carbocycles. The summed E-state index contributed by atoms with van der Waals surface area (Å²) in [5, 5.41) is 3.87. The number of hydrogen-bond donors (Lipinski definition) is 1. The van der Waals surface area contributed by atoms with Crippen LogP contribution in [0.3, 0.4) is 0 Å². The van der Waals surface area contributed by atoms with Crippen molar-refractivity contribution in [1.29, 1.82) is 0 Å². The molecule has 0 fully saturated rings. The van der Waals surface area contributed by atoms with E-state index in [4.69, 9.17) is 4.74 Å². The zero-order chi connectivity index (χ0) is 19.1. The van der Waals surface area contributed by atoms with E-state index in [1.807, 2.05) is 42.5 Å². The predicted octanol–water partition coefficient (Wildman–Crippen LogP) is 4.34. The van der Waals surface area contributed by atoms with Crippen LogP contribution >= 0.6 is 15.9 Å². The Kier molecular flexibility index (Phi) is 6.26. The van der Waals surface area contributed by atoms with Gasteiger partial charge >= 0.3 is 0 Å². The van der Waals surface area contributed by atoms with Crippen LogP contribution in [-0.4, -0.2) is 14.6 Å². The molecule has 0 aliphatic heterocycles. The highest BCUT2D eigenvalue weighted by Crippen LogP contribution is 2.19. The summed E-state index contributed by atoms with van der Waals surface area (Å²) >= 11 is 3.43. The number of hydrogen-bond acceptors (Lipinski definition) is 4. The molecule has 3 aromatic carbocycles. The van der Waals surface area contributed by atoms with Crippen molar-refractivity contribution >= 4 is 32.2 Å². The van der Waals surface area contributed by atoms with Crippen LogP contribution < -0.4 is 9.57 Å². The molecule has 27 heavy (non-hydrogen) atoms. The van der Waals surface area contributed by atoms with E-state index in [0.717, 1.165) is 10.0 Å². The Bertz CT molecular complexity index is 1040. The first-order valence-electron chi connectivity index (χ1n) is 8.11. The summed E-state index contributed by atoms with van der Waals surface area (Å²) in [7, 11) is -3.70. The second-order valence-corrected chi connectivity index (χ2v) is 8.20. The second-order valence-electron chi connectivity index (χ2n) is 5.62. The molecular formula is C20H17BrN2O3S. The van der Waals surface area contributed by atoms with Crippen molar-refractivity contribution in [3.05, 3.63) is 94.5 Å². The lowest BCUT2D eigenvalue weighted by molar-refractivity contribution is 0.305. The zero-order valence-electron chi connectivity index (χ0n) is 14.2. The average Bonchev–Trinajstić information content (AvgIpc) is 2.68. The molecule has 0 spiro atoms. The van der Waals surface area contributed by atoms with Crippen LogP contribution in [0.4, 0.5) is 0 Å². The van der Waals surface area contributed by atoms with Crippen LogP contribution in [-0.2, 0) is 16.6 Å². The molecule has 0 radical (unpaired) electrons. The van der Waals surface area contributed by atoms with Gasteiger partial charge in [-0.2, -0.15) is 13.5 Å². The Labute approximate surface area is 166 Å². The number of nitrogens with one attached hydrogen (secondary N) is 1. The van der Waals surface area contributed by atoms with E-state index >= 15 is 0 Å². The molecular weight excluding hydrogens is 428 g/mol. The topological polar surface area (TPSA) is 67.8 Å². The van der Waals surface area contributed by atoms with Crippen molar-refractivity contribution in [3.8, 4) is 5.75 Å². The SMILES string of the molecule is O=S(=O)(N/N=C\c1ccccc1OCc1cccc(Br)c1)c1ccccc1. The Balaban J connectivity index is 1.69. The van der Waals surface area contributed by atoms with Crippen molar-refractivity contribution in [2.24, 2.45) is 5.10 Å². The van der Waals surface area contributed by atoms with E-state index in [2.05, 4.69) is 25.9 Å². The molecule has 0 atom stereocenters. The van der Waals surface area contributed by atoms with Gasteiger partial charge in [0.25, 0.3) is 10.0 Å². The monoisotopic (exact) mass is 444 g/mol. The summed E-state index contributed by atoms with van der Waals surface area (Å²) in [6, 6.07) is 23.2. The lowest BCUT2D eigenvalue weighted by Gasteiger charge is -2.09. The van der Waals surface area contributed by atoms with Gasteiger partial charge in [-0.15, -0.1) is 0 Å². The van der Waals surface area contributed by atoms with E-state index < -0.39 is 10.0 Å². The summed E-state index contributed by atoms with van der Waals surface area (Å²) in [5.74, 6) is 0.611. The maximum atomic E-state index is 12.2. The highest BCUT2D eigenvalue weighted by Gasteiger charge is 2.11. The molecule has 0 heterocycles. The predicted molar refractivity (Wildman–Crippen MR) is 109 cm³/mol. The van der Waals surface area contributed by atoms with Crippen LogP contribution in [0, 0.1) is 0 Å². The highest BCUT2D eigenvalue weighted by molar-refractivity contribution is 9.10. The second kappa shape index (κ2) is 8.83. The first-order valence-corrected chi connectivity index (χ1v) is 10.4. The van der Waals surface area contributed by atoms with Crippen molar-refractivity contribution < 1.29 is 13.2 Å². The molecule has 7 heteroatoms. The minimum absolute atomic E-state index is 0.154. The number of sulfonamides is 1. The molecule has 0 unspecified atom stereocenters. The van der Waals surface area contributed by atoms with E-state index in [1.54, 1.807) is 24.3 Å². The number of para-hydroxylation sites is 1. The average molecular weight is 445 g/mol.